The quantitative estimate of drug-likeness (QED) is 0.633. The van der Waals surface area contributed by atoms with Crippen LogP contribution in [-0.4, -0.2) is 75.9 Å². The van der Waals surface area contributed by atoms with Gasteiger partial charge in [0.2, 0.25) is 0 Å². The molecule has 1 atom stereocenters. The van der Waals surface area contributed by atoms with E-state index in [1.165, 1.54) is 6.42 Å². The Bertz CT molecular complexity index is 170. The van der Waals surface area contributed by atoms with E-state index in [0.29, 0.717) is 6.04 Å². The zero-order valence-electron chi connectivity index (χ0n) is 11.0. The van der Waals surface area contributed by atoms with E-state index >= 15 is 0 Å². The summed E-state index contributed by atoms with van der Waals surface area (Å²) < 4.78 is 5.34. The highest BCUT2D eigenvalue weighted by Gasteiger charge is 2.12. The summed E-state index contributed by atoms with van der Waals surface area (Å²) in [4.78, 5) is 4.71. The van der Waals surface area contributed by atoms with Crippen molar-refractivity contribution in [2.75, 3.05) is 60.0 Å². The zero-order chi connectivity index (χ0) is 11.8. The van der Waals surface area contributed by atoms with E-state index in [1.807, 2.05) is 0 Å². The second-order valence-electron chi connectivity index (χ2n) is 4.92. The number of morpholine rings is 1. The number of hydrogen-bond donors (Lipinski definition) is 1. The summed E-state index contributed by atoms with van der Waals surface area (Å²) in [5, 5.41) is 3.58. The smallest absolute Gasteiger partial charge is 0.0594 e. The third kappa shape index (κ3) is 6.43. The second-order valence-corrected chi connectivity index (χ2v) is 4.92. The van der Waals surface area contributed by atoms with Crippen LogP contribution in [0.4, 0.5) is 0 Å². The Kier molecular flexibility index (Phi) is 6.96. The van der Waals surface area contributed by atoms with Gasteiger partial charge in [0.1, 0.15) is 0 Å². The van der Waals surface area contributed by atoms with Crippen molar-refractivity contribution < 1.29 is 4.74 Å². The molecule has 0 aromatic rings. The number of hydrogen-bond acceptors (Lipinski definition) is 4. The minimum absolute atomic E-state index is 0.584. The molecule has 1 saturated heterocycles. The summed E-state index contributed by atoms with van der Waals surface area (Å²) >= 11 is 0. The summed E-state index contributed by atoms with van der Waals surface area (Å²) in [5.74, 6) is 0. The Morgan fingerprint density at radius 1 is 1.31 bits per heavy atom. The SMILES string of the molecule is CC(CN1CCOCC1)NCCCN(C)C. The second kappa shape index (κ2) is 8.01. The molecule has 0 amide bonds. The molecule has 1 rings (SSSR count). The van der Waals surface area contributed by atoms with Crippen LogP contribution >= 0.6 is 0 Å². The minimum atomic E-state index is 0.584. The maximum Gasteiger partial charge on any atom is 0.0594 e. The van der Waals surface area contributed by atoms with Gasteiger partial charge in [-0.1, -0.05) is 0 Å². The molecule has 0 aromatic carbocycles. The molecule has 96 valence electrons. The molecule has 1 unspecified atom stereocenters. The summed E-state index contributed by atoms with van der Waals surface area (Å²) in [6.45, 7) is 9.66. The highest BCUT2D eigenvalue weighted by molar-refractivity contribution is 4.70. The molecule has 4 heteroatoms. The van der Waals surface area contributed by atoms with Crippen molar-refractivity contribution in [3.63, 3.8) is 0 Å². The first-order valence-corrected chi connectivity index (χ1v) is 6.36. The molecule has 0 aliphatic carbocycles. The topological polar surface area (TPSA) is 27.7 Å². The fourth-order valence-electron chi connectivity index (χ4n) is 1.98. The van der Waals surface area contributed by atoms with Crippen molar-refractivity contribution in [2.45, 2.75) is 19.4 Å². The first kappa shape index (κ1) is 13.9. The Hall–Kier alpha value is -0.160. The Morgan fingerprint density at radius 2 is 2.00 bits per heavy atom. The lowest BCUT2D eigenvalue weighted by Crippen LogP contribution is -2.44. The molecule has 1 heterocycles. The number of nitrogens with one attached hydrogen (secondary N) is 1. The van der Waals surface area contributed by atoms with Gasteiger partial charge >= 0.3 is 0 Å². The van der Waals surface area contributed by atoms with Gasteiger partial charge in [0, 0.05) is 25.7 Å². The predicted molar refractivity (Wildman–Crippen MR) is 67.9 cm³/mol. The van der Waals surface area contributed by atoms with Crippen molar-refractivity contribution in [1.82, 2.24) is 15.1 Å². The largest absolute Gasteiger partial charge is 0.379 e. The zero-order valence-corrected chi connectivity index (χ0v) is 11.0. The Labute approximate surface area is 99.9 Å². The number of ether oxygens (including phenoxy) is 1. The van der Waals surface area contributed by atoms with E-state index in [1.54, 1.807) is 0 Å². The van der Waals surface area contributed by atoms with Gasteiger partial charge < -0.3 is 15.0 Å². The number of rotatable bonds is 7. The third-order valence-electron chi connectivity index (χ3n) is 2.91. The summed E-state index contributed by atoms with van der Waals surface area (Å²) in [5.41, 5.74) is 0. The molecule has 1 N–H and O–H groups in total. The van der Waals surface area contributed by atoms with E-state index < -0.39 is 0 Å². The summed E-state index contributed by atoms with van der Waals surface area (Å²) in [7, 11) is 4.24. The van der Waals surface area contributed by atoms with Crippen LogP contribution in [-0.2, 0) is 4.74 Å². The molecule has 1 aliphatic rings. The lowest BCUT2D eigenvalue weighted by molar-refractivity contribution is 0.0344. The molecule has 1 fully saturated rings. The predicted octanol–water partition coefficient (Wildman–Crippen LogP) is 0.248. The minimum Gasteiger partial charge on any atom is -0.379 e. The van der Waals surface area contributed by atoms with Gasteiger partial charge in [0.15, 0.2) is 0 Å². The lowest BCUT2D eigenvalue weighted by Gasteiger charge is -2.29. The monoisotopic (exact) mass is 229 g/mol. The highest BCUT2D eigenvalue weighted by atomic mass is 16.5. The lowest BCUT2D eigenvalue weighted by atomic mass is 10.2. The van der Waals surface area contributed by atoms with E-state index in [0.717, 1.165) is 45.9 Å². The van der Waals surface area contributed by atoms with Crippen LogP contribution in [0.2, 0.25) is 0 Å². The normalized spacial score (nSPS) is 20.2. The van der Waals surface area contributed by atoms with E-state index in [9.17, 15) is 0 Å². The molecule has 4 nitrogen and oxygen atoms in total. The van der Waals surface area contributed by atoms with Gasteiger partial charge in [-0.2, -0.15) is 0 Å². The summed E-state index contributed by atoms with van der Waals surface area (Å²) in [6.07, 6.45) is 1.22. The van der Waals surface area contributed by atoms with Crippen LogP contribution in [0.15, 0.2) is 0 Å². The molecular weight excluding hydrogens is 202 g/mol. The summed E-state index contributed by atoms with van der Waals surface area (Å²) in [6, 6.07) is 0.584. The molecule has 0 radical (unpaired) electrons. The van der Waals surface area contributed by atoms with Crippen LogP contribution in [0.5, 0.6) is 0 Å². The van der Waals surface area contributed by atoms with Crippen molar-refractivity contribution in [3.05, 3.63) is 0 Å². The molecule has 1 aliphatic heterocycles. The van der Waals surface area contributed by atoms with Crippen LogP contribution in [0, 0.1) is 0 Å². The fourth-order valence-corrected chi connectivity index (χ4v) is 1.98. The van der Waals surface area contributed by atoms with Gasteiger partial charge in [-0.15, -0.1) is 0 Å². The average molecular weight is 229 g/mol. The molecule has 16 heavy (non-hydrogen) atoms. The van der Waals surface area contributed by atoms with E-state index in [4.69, 9.17) is 4.74 Å². The maximum atomic E-state index is 5.34. The van der Waals surface area contributed by atoms with Crippen molar-refractivity contribution in [2.24, 2.45) is 0 Å². The van der Waals surface area contributed by atoms with E-state index in [-0.39, 0.29) is 0 Å². The van der Waals surface area contributed by atoms with Crippen LogP contribution in [0.1, 0.15) is 13.3 Å². The van der Waals surface area contributed by atoms with Crippen LogP contribution in [0.25, 0.3) is 0 Å². The number of nitrogens with zero attached hydrogens (tertiary/aromatic N) is 2. The van der Waals surface area contributed by atoms with Gasteiger partial charge in [0.25, 0.3) is 0 Å². The first-order chi connectivity index (χ1) is 7.68. The molecule has 0 saturated carbocycles. The fraction of sp³-hybridized carbons (Fsp3) is 1.00. The van der Waals surface area contributed by atoms with Crippen LogP contribution in [0.3, 0.4) is 0 Å². The Balaban J connectivity index is 1.99. The third-order valence-corrected chi connectivity index (χ3v) is 2.91. The molecule has 0 bridgehead atoms. The van der Waals surface area contributed by atoms with Gasteiger partial charge in [-0.3, -0.25) is 4.90 Å². The maximum absolute atomic E-state index is 5.34. The van der Waals surface area contributed by atoms with Gasteiger partial charge in [-0.25, -0.2) is 0 Å². The first-order valence-electron chi connectivity index (χ1n) is 6.36. The van der Waals surface area contributed by atoms with Gasteiger partial charge in [0.05, 0.1) is 13.2 Å². The van der Waals surface area contributed by atoms with Gasteiger partial charge in [-0.05, 0) is 40.5 Å². The van der Waals surface area contributed by atoms with Crippen molar-refractivity contribution >= 4 is 0 Å². The van der Waals surface area contributed by atoms with Crippen LogP contribution < -0.4 is 5.32 Å². The molecule has 0 spiro atoms. The highest BCUT2D eigenvalue weighted by Crippen LogP contribution is 1.98. The van der Waals surface area contributed by atoms with Crippen molar-refractivity contribution in [1.29, 1.82) is 0 Å². The standard InChI is InChI=1S/C12H27N3O/c1-12(13-5-4-6-14(2)3)11-15-7-9-16-10-8-15/h12-13H,4-11H2,1-3H3. The van der Waals surface area contributed by atoms with Crippen molar-refractivity contribution in [3.8, 4) is 0 Å². The molecule has 0 aromatic heterocycles. The Morgan fingerprint density at radius 3 is 2.62 bits per heavy atom. The van der Waals surface area contributed by atoms with E-state index in [2.05, 4.69) is 36.1 Å². The average Bonchev–Trinajstić information content (AvgIpc) is 2.25. The molecular formula is C12H27N3O.